The van der Waals surface area contributed by atoms with Gasteiger partial charge in [-0.2, -0.15) is 0 Å². The molecule has 0 radical (unpaired) electrons. The first-order chi connectivity index (χ1) is 4.72. The van der Waals surface area contributed by atoms with Crippen LogP contribution in [0.2, 0.25) is 0 Å². The summed E-state index contributed by atoms with van der Waals surface area (Å²) in [6.45, 7) is 7.58. The lowest BCUT2D eigenvalue weighted by Gasteiger charge is -2.26. The summed E-state index contributed by atoms with van der Waals surface area (Å²) >= 11 is 11.2. The molecular weight excluding hydrogens is 167 g/mol. The Kier molecular flexibility index (Phi) is 2.22. The van der Waals surface area contributed by atoms with Crippen molar-refractivity contribution in [1.29, 1.82) is 0 Å². The van der Waals surface area contributed by atoms with Crippen LogP contribution >= 0.6 is 23.2 Å². The highest BCUT2D eigenvalue weighted by molar-refractivity contribution is 6.22. The van der Waals surface area contributed by atoms with Gasteiger partial charge >= 0.3 is 0 Å². The SMILES string of the molecule is C=C1C(=C)C(CCl)=C1CCl. The highest BCUT2D eigenvalue weighted by Crippen LogP contribution is 2.38. The minimum absolute atomic E-state index is 0.500. The normalized spacial score (nSPS) is 17.8. The number of hydrogen-bond donors (Lipinski definition) is 0. The second kappa shape index (κ2) is 2.81. The largest absolute Gasteiger partial charge is 0.122 e. The first kappa shape index (κ1) is 7.90. The van der Waals surface area contributed by atoms with Gasteiger partial charge in [-0.1, -0.05) is 13.2 Å². The zero-order valence-corrected chi connectivity index (χ0v) is 7.10. The van der Waals surface area contributed by atoms with Crippen molar-refractivity contribution in [3.8, 4) is 0 Å². The maximum absolute atomic E-state index is 5.62. The van der Waals surface area contributed by atoms with Crippen molar-refractivity contribution in [3.05, 3.63) is 35.5 Å². The van der Waals surface area contributed by atoms with Crippen LogP contribution in [0.5, 0.6) is 0 Å². The van der Waals surface area contributed by atoms with Gasteiger partial charge in [-0.05, 0) is 22.3 Å². The fraction of sp³-hybridized carbons (Fsp3) is 0.250. The Hall–Kier alpha value is -0.200. The second-order valence-corrected chi connectivity index (χ2v) is 2.72. The Morgan fingerprint density at radius 2 is 1.20 bits per heavy atom. The van der Waals surface area contributed by atoms with Crippen LogP contribution in [-0.2, 0) is 0 Å². The minimum atomic E-state index is 0.500. The molecule has 0 nitrogen and oxygen atoms in total. The Balaban J connectivity index is 2.94. The van der Waals surface area contributed by atoms with Gasteiger partial charge in [-0.15, -0.1) is 23.2 Å². The fourth-order valence-corrected chi connectivity index (χ4v) is 1.63. The third-order valence-corrected chi connectivity index (χ3v) is 2.26. The van der Waals surface area contributed by atoms with Gasteiger partial charge in [0.1, 0.15) is 0 Å². The van der Waals surface area contributed by atoms with E-state index in [0.29, 0.717) is 11.8 Å². The van der Waals surface area contributed by atoms with Gasteiger partial charge in [0.15, 0.2) is 0 Å². The molecule has 0 saturated carbocycles. The van der Waals surface area contributed by atoms with E-state index < -0.39 is 0 Å². The van der Waals surface area contributed by atoms with Crippen LogP contribution in [0.4, 0.5) is 0 Å². The van der Waals surface area contributed by atoms with Crippen molar-refractivity contribution in [3.63, 3.8) is 0 Å². The molecule has 10 heavy (non-hydrogen) atoms. The zero-order valence-electron chi connectivity index (χ0n) is 5.58. The molecule has 0 aromatic carbocycles. The Morgan fingerprint density at radius 3 is 1.40 bits per heavy atom. The van der Waals surface area contributed by atoms with Gasteiger partial charge in [0.05, 0.1) is 0 Å². The Labute approximate surface area is 70.8 Å². The van der Waals surface area contributed by atoms with Gasteiger partial charge in [-0.25, -0.2) is 0 Å². The third kappa shape index (κ3) is 0.920. The van der Waals surface area contributed by atoms with E-state index in [4.69, 9.17) is 23.2 Å². The summed E-state index contributed by atoms with van der Waals surface area (Å²) in [6, 6.07) is 0. The Bertz CT molecular complexity index is 199. The molecule has 2 heteroatoms. The second-order valence-electron chi connectivity index (χ2n) is 2.18. The molecule has 0 bridgehead atoms. The molecule has 0 aliphatic heterocycles. The minimum Gasteiger partial charge on any atom is -0.122 e. The van der Waals surface area contributed by atoms with Crippen molar-refractivity contribution < 1.29 is 0 Å². The number of halogens is 2. The molecule has 0 unspecified atom stereocenters. The van der Waals surface area contributed by atoms with E-state index in [1.807, 2.05) is 0 Å². The van der Waals surface area contributed by atoms with Crippen LogP contribution in [0.25, 0.3) is 0 Å². The molecule has 0 heterocycles. The summed E-state index contributed by atoms with van der Waals surface area (Å²) in [5, 5.41) is 0. The summed E-state index contributed by atoms with van der Waals surface area (Å²) in [5.41, 5.74) is 4.07. The van der Waals surface area contributed by atoms with Crippen molar-refractivity contribution >= 4 is 23.2 Å². The van der Waals surface area contributed by atoms with Gasteiger partial charge in [-0.3, -0.25) is 0 Å². The van der Waals surface area contributed by atoms with E-state index in [1.54, 1.807) is 0 Å². The molecule has 1 aliphatic carbocycles. The lowest BCUT2D eigenvalue weighted by Crippen LogP contribution is -2.13. The quantitative estimate of drug-likeness (QED) is 0.566. The Morgan fingerprint density at radius 1 is 0.900 bits per heavy atom. The maximum atomic E-state index is 5.62. The first-order valence-electron chi connectivity index (χ1n) is 2.95. The predicted molar refractivity (Wildman–Crippen MR) is 46.7 cm³/mol. The summed E-state index contributed by atoms with van der Waals surface area (Å²) in [7, 11) is 0. The molecule has 0 spiro atoms. The van der Waals surface area contributed by atoms with Crippen molar-refractivity contribution in [2.24, 2.45) is 0 Å². The topological polar surface area (TPSA) is 0 Å². The molecule has 0 fully saturated rings. The molecule has 54 valence electrons. The molecule has 0 N–H and O–H groups in total. The number of hydrogen-bond acceptors (Lipinski definition) is 0. The van der Waals surface area contributed by atoms with Gasteiger partial charge in [0.2, 0.25) is 0 Å². The van der Waals surface area contributed by atoms with E-state index in [0.717, 1.165) is 22.3 Å². The fourth-order valence-electron chi connectivity index (χ4n) is 0.989. The molecule has 0 atom stereocenters. The van der Waals surface area contributed by atoms with E-state index in [9.17, 15) is 0 Å². The predicted octanol–water partition coefficient (Wildman–Crippen LogP) is 2.89. The number of allylic oxidation sites excluding steroid dienone is 4. The van der Waals surface area contributed by atoms with Crippen LogP contribution in [-0.4, -0.2) is 11.8 Å². The number of alkyl halides is 2. The van der Waals surface area contributed by atoms with E-state index in [2.05, 4.69) is 13.2 Å². The molecular formula is C8H8Cl2. The van der Waals surface area contributed by atoms with Crippen molar-refractivity contribution in [2.45, 2.75) is 0 Å². The average molecular weight is 175 g/mol. The van der Waals surface area contributed by atoms with E-state index in [-0.39, 0.29) is 0 Å². The standard InChI is InChI=1S/C8H8Cl2/c1-5-6(2)8(4-10)7(5)3-9/h1-4H2. The maximum Gasteiger partial charge on any atom is 0.0483 e. The summed E-state index contributed by atoms with van der Waals surface area (Å²) in [5.74, 6) is 1.000. The van der Waals surface area contributed by atoms with Crippen molar-refractivity contribution in [2.75, 3.05) is 11.8 Å². The molecule has 0 aromatic rings. The highest BCUT2D eigenvalue weighted by atomic mass is 35.5. The van der Waals surface area contributed by atoms with Crippen molar-refractivity contribution in [1.82, 2.24) is 0 Å². The summed E-state index contributed by atoms with van der Waals surface area (Å²) in [6.07, 6.45) is 0. The van der Waals surface area contributed by atoms with Crippen LogP contribution in [0.3, 0.4) is 0 Å². The van der Waals surface area contributed by atoms with Crippen LogP contribution in [0, 0.1) is 0 Å². The summed E-state index contributed by atoms with van der Waals surface area (Å²) in [4.78, 5) is 0. The van der Waals surface area contributed by atoms with Crippen LogP contribution in [0.15, 0.2) is 35.5 Å². The van der Waals surface area contributed by atoms with Gasteiger partial charge < -0.3 is 0 Å². The molecule has 0 saturated heterocycles. The van der Waals surface area contributed by atoms with Crippen LogP contribution < -0.4 is 0 Å². The number of rotatable bonds is 2. The molecule has 0 amide bonds. The highest BCUT2D eigenvalue weighted by Gasteiger charge is 2.23. The molecule has 1 aliphatic rings. The summed E-state index contributed by atoms with van der Waals surface area (Å²) < 4.78 is 0. The average Bonchev–Trinajstić information content (AvgIpc) is 1.97. The van der Waals surface area contributed by atoms with Gasteiger partial charge in [0.25, 0.3) is 0 Å². The molecule has 0 aromatic heterocycles. The first-order valence-corrected chi connectivity index (χ1v) is 4.02. The van der Waals surface area contributed by atoms with E-state index in [1.165, 1.54) is 0 Å². The lowest BCUT2D eigenvalue weighted by atomic mass is 9.81. The zero-order chi connectivity index (χ0) is 7.72. The lowest BCUT2D eigenvalue weighted by molar-refractivity contribution is 1.18. The monoisotopic (exact) mass is 174 g/mol. The molecule has 1 rings (SSSR count). The van der Waals surface area contributed by atoms with Gasteiger partial charge in [0, 0.05) is 11.8 Å². The van der Waals surface area contributed by atoms with E-state index >= 15 is 0 Å². The van der Waals surface area contributed by atoms with Crippen LogP contribution in [0.1, 0.15) is 0 Å². The third-order valence-electron chi connectivity index (χ3n) is 1.72. The smallest absolute Gasteiger partial charge is 0.0483 e.